The highest BCUT2D eigenvalue weighted by atomic mass is 35.5. The largest absolute Gasteiger partial charge is 0.345 e. The average molecular weight is 271 g/mol. The highest BCUT2D eigenvalue weighted by Gasteiger charge is 2.09. The standard InChI is InChI=1S/C12H7ClN6/c13-11-4-3-9-12(16-11)19(18-17-9)7-1-2-8-10(5-7)15-6-14-8/h1-6H,(H,14,15). The fraction of sp³-hybridized carbons (Fsp3) is 0. The zero-order valence-corrected chi connectivity index (χ0v) is 10.3. The molecule has 0 aliphatic heterocycles. The molecular formula is C12H7ClN6. The molecule has 0 aliphatic rings. The molecular weight excluding hydrogens is 264 g/mol. The number of hydrogen-bond donors (Lipinski definition) is 1. The van der Waals surface area contributed by atoms with Gasteiger partial charge in [0.05, 0.1) is 23.0 Å². The summed E-state index contributed by atoms with van der Waals surface area (Å²) in [6.07, 6.45) is 1.66. The quantitative estimate of drug-likeness (QED) is 0.539. The van der Waals surface area contributed by atoms with Gasteiger partial charge in [0.15, 0.2) is 5.65 Å². The normalized spacial score (nSPS) is 11.4. The van der Waals surface area contributed by atoms with Gasteiger partial charge < -0.3 is 4.98 Å². The molecule has 0 radical (unpaired) electrons. The van der Waals surface area contributed by atoms with Gasteiger partial charge in [0.25, 0.3) is 0 Å². The maximum atomic E-state index is 5.92. The van der Waals surface area contributed by atoms with E-state index in [4.69, 9.17) is 11.6 Å². The van der Waals surface area contributed by atoms with Gasteiger partial charge >= 0.3 is 0 Å². The summed E-state index contributed by atoms with van der Waals surface area (Å²) in [7, 11) is 0. The second kappa shape index (κ2) is 3.76. The number of rotatable bonds is 1. The number of pyridine rings is 1. The van der Waals surface area contributed by atoms with E-state index in [1.165, 1.54) is 0 Å². The van der Waals surface area contributed by atoms with Gasteiger partial charge in [-0.25, -0.2) is 9.97 Å². The third kappa shape index (κ3) is 1.57. The van der Waals surface area contributed by atoms with Gasteiger partial charge in [-0.3, -0.25) is 0 Å². The molecule has 4 rings (SSSR count). The number of benzene rings is 1. The van der Waals surface area contributed by atoms with Gasteiger partial charge in [0.2, 0.25) is 0 Å². The summed E-state index contributed by atoms with van der Waals surface area (Å²) in [5.74, 6) is 0. The molecule has 0 unspecified atom stereocenters. The number of nitrogens with one attached hydrogen (secondary N) is 1. The van der Waals surface area contributed by atoms with Crippen LogP contribution in [0.3, 0.4) is 0 Å². The lowest BCUT2D eigenvalue weighted by Gasteiger charge is -2.01. The summed E-state index contributed by atoms with van der Waals surface area (Å²) in [6, 6.07) is 9.27. The van der Waals surface area contributed by atoms with E-state index in [2.05, 4.69) is 25.3 Å². The second-order valence-electron chi connectivity index (χ2n) is 4.08. The number of halogens is 1. The Labute approximate surface area is 112 Å². The molecule has 0 amide bonds. The summed E-state index contributed by atoms with van der Waals surface area (Å²) < 4.78 is 1.65. The van der Waals surface area contributed by atoms with Crippen LogP contribution in [0.2, 0.25) is 5.15 Å². The van der Waals surface area contributed by atoms with Crippen LogP contribution < -0.4 is 0 Å². The zero-order valence-electron chi connectivity index (χ0n) is 9.58. The molecule has 0 saturated heterocycles. The molecule has 4 aromatic rings. The molecule has 1 N–H and O–H groups in total. The fourth-order valence-electron chi connectivity index (χ4n) is 2.02. The van der Waals surface area contributed by atoms with Crippen LogP contribution in [0.15, 0.2) is 36.7 Å². The van der Waals surface area contributed by atoms with Crippen molar-refractivity contribution in [3.05, 3.63) is 41.8 Å². The van der Waals surface area contributed by atoms with Gasteiger partial charge in [-0.2, -0.15) is 4.68 Å². The smallest absolute Gasteiger partial charge is 0.185 e. The molecule has 92 valence electrons. The van der Waals surface area contributed by atoms with Gasteiger partial charge in [-0.05, 0) is 30.3 Å². The van der Waals surface area contributed by atoms with Gasteiger partial charge in [0, 0.05) is 0 Å². The minimum Gasteiger partial charge on any atom is -0.345 e. The van der Waals surface area contributed by atoms with Gasteiger partial charge in [-0.1, -0.05) is 16.8 Å². The topological polar surface area (TPSA) is 72.3 Å². The van der Waals surface area contributed by atoms with Crippen molar-refractivity contribution in [1.82, 2.24) is 29.9 Å². The van der Waals surface area contributed by atoms with Gasteiger partial charge in [0.1, 0.15) is 10.7 Å². The molecule has 3 aromatic heterocycles. The molecule has 6 nitrogen and oxygen atoms in total. The second-order valence-corrected chi connectivity index (χ2v) is 4.47. The summed E-state index contributed by atoms with van der Waals surface area (Å²) >= 11 is 5.92. The SMILES string of the molecule is Clc1ccc2nnn(-c3ccc4nc[nH]c4c3)c2n1. The van der Waals surface area contributed by atoms with Crippen LogP contribution in [-0.4, -0.2) is 29.9 Å². The molecule has 0 atom stereocenters. The van der Waals surface area contributed by atoms with Crippen LogP contribution in [-0.2, 0) is 0 Å². The van der Waals surface area contributed by atoms with Crippen LogP contribution in [0.5, 0.6) is 0 Å². The van der Waals surface area contributed by atoms with E-state index in [0.29, 0.717) is 16.3 Å². The first-order valence-corrected chi connectivity index (χ1v) is 6.00. The van der Waals surface area contributed by atoms with Crippen LogP contribution in [0.1, 0.15) is 0 Å². The number of imidazole rings is 1. The lowest BCUT2D eigenvalue weighted by molar-refractivity contribution is 0.818. The Morgan fingerprint density at radius 3 is 2.95 bits per heavy atom. The minimum atomic E-state index is 0.415. The molecule has 3 heterocycles. The van der Waals surface area contributed by atoms with Crippen molar-refractivity contribution in [2.45, 2.75) is 0 Å². The monoisotopic (exact) mass is 270 g/mol. The highest BCUT2D eigenvalue weighted by molar-refractivity contribution is 6.29. The first-order chi connectivity index (χ1) is 9.31. The summed E-state index contributed by atoms with van der Waals surface area (Å²) in [5.41, 5.74) is 4.02. The van der Waals surface area contributed by atoms with E-state index in [-0.39, 0.29) is 0 Å². The number of fused-ring (bicyclic) bond motifs is 2. The Balaban J connectivity index is 2.00. The van der Waals surface area contributed by atoms with Crippen molar-refractivity contribution in [3.8, 4) is 5.69 Å². The van der Waals surface area contributed by atoms with Crippen molar-refractivity contribution in [3.63, 3.8) is 0 Å². The van der Waals surface area contributed by atoms with E-state index >= 15 is 0 Å². The van der Waals surface area contributed by atoms with Crippen LogP contribution in [0, 0.1) is 0 Å². The van der Waals surface area contributed by atoms with Crippen molar-refractivity contribution in [2.24, 2.45) is 0 Å². The first-order valence-electron chi connectivity index (χ1n) is 5.63. The Morgan fingerprint density at radius 1 is 1.11 bits per heavy atom. The fourth-order valence-corrected chi connectivity index (χ4v) is 2.16. The van der Waals surface area contributed by atoms with Crippen molar-refractivity contribution < 1.29 is 0 Å². The Bertz CT molecular complexity index is 893. The molecule has 19 heavy (non-hydrogen) atoms. The first kappa shape index (κ1) is 10.5. The number of H-pyrrole nitrogens is 1. The Kier molecular flexibility index (Phi) is 2.07. The maximum Gasteiger partial charge on any atom is 0.185 e. The number of aromatic amines is 1. The molecule has 0 saturated carbocycles. The molecule has 0 bridgehead atoms. The zero-order chi connectivity index (χ0) is 12.8. The third-order valence-electron chi connectivity index (χ3n) is 2.91. The van der Waals surface area contributed by atoms with Crippen LogP contribution in [0.25, 0.3) is 27.9 Å². The van der Waals surface area contributed by atoms with Crippen molar-refractivity contribution in [2.75, 3.05) is 0 Å². The van der Waals surface area contributed by atoms with E-state index in [1.54, 1.807) is 23.1 Å². The number of aromatic nitrogens is 6. The molecule has 0 spiro atoms. The Hall–Kier alpha value is -2.47. The predicted molar refractivity (Wildman–Crippen MR) is 71.3 cm³/mol. The summed E-state index contributed by atoms with van der Waals surface area (Å²) in [6.45, 7) is 0. The van der Waals surface area contributed by atoms with E-state index in [9.17, 15) is 0 Å². The summed E-state index contributed by atoms with van der Waals surface area (Å²) in [4.78, 5) is 11.5. The molecule has 0 aliphatic carbocycles. The van der Waals surface area contributed by atoms with E-state index < -0.39 is 0 Å². The predicted octanol–water partition coefficient (Wildman–Crippen LogP) is 2.35. The molecule has 1 aromatic carbocycles. The maximum absolute atomic E-state index is 5.92. The van der Waals surface area contributed by atoms with Crippen LogP contribution in [0.4, 0.5) is 0 Å². The third-order valence-corrected chi connectivity index (χ3v) is 3.12. The molecule has 0 fully saturated rings. The van der Waals surface area contributed by atoms with Crippen molar-refractivity contribution >= 4 is 33.8 Å². The number of nitrogens with zero attached hydrogens (tertiary/aromatic N) is 5. The van der Waals surface area contributed by atoms with Gasteiger partial charge in [-0.15, -0.1) is 5.10 Å². The minimum absolute atomic E-state index is 0.415. The Morgan fingerprint density at radius 2 is 2.00 bits per heavy atom. The lowest BCUT2D eigenvalue weighted by Crippen LogP contribution is -1.97. The lowest BCUT2D eigenvalue weighted by atomic mass is 10.3. The summed E-state index contributed by atoms with van der Waals surface area (Å²) in [5, 5.41) is 8.59. The van der Waals surface area contributed by atoms with E-state index in [0.717, 1.165) is 16.7 Å². The van der Waals surface area contributed by atoms with E-state index in [1.807, 2.05) is 18.2 Å². The van der Waals surface area contributed by atoms with Crippen molar-refractivity contribution in [1.29, 1.82) is 0 Å². The molecule has 7 heteroatoms. The highest BCUT2D eigenvalue weighted by Crippen LogP contribution is 2.19. The number of hydrogen-bond acceptors (Lipinski definition) is 4. The van der Waals surface area contributed by atoms with Crippen LogP contribution >= 0.6 is 11.6 Å². The average Bonchev–Trinajstić information content (AvgIpc) is 3.03.